The lowest BCUT2D eigenvalue weighted by atomic mass is 9.97. The standard InChI is InChI=1S/C14H21N3O3/c1-10-8-12(17-13(16-10)14(18)19-2)20-7-5-11-4-3-6-15-9-11/h8,11,15H,3-7,9H2,1-2H3. The first-order valence-corrected chi connectivity index (χ1v) is 6.96. The highest BCUT2D eigenvalue weighted by molar-refractivity contribution is 5.85. The van der Waals surface area contributed by atoms with Crippen molar-refractivity contribution in [2.24, 2.45) is 5.92 Å². The summed E-state index contributed by atoms with van der Waals surface area (Å²) in [6.07, 6.45) is 3.46. The third-order valence-electron chi connectivity index (χ3n) is 3.37. The fourth-order valence-corrected chi connectivity index (χ4v) is 2.30. The molecule has 1 saturated heterocycles. The Hall–Kier alpha value is -1.69. The molecule has 1 N–H and O–H groups in total. The molecule has 0 aliphatic carbocycles. The molecule has 1 unspecified atom stereocenters. The number of aromatic nitrogens is 2. The van der Waals surface area contributed by atoms with Gasteiger partial charge in [0.05, 0.1) is 13.7 Å². The van der Waals surface area contributed by atoms with Crippen LogP contribution in [0.15, 0.2) is 6.07 Å². The Kier molecular flexibility index (Phi) is 5.29. The Bertz CT molecular complexity index is 459. The van der Waals surface area contributed by atoms with Gasteiger partial charge in [-0.15, -0.1) is 0 Å². The molecule has 20 heavy (non-hydrogen) atoms. The molecule has 1 fully saturated rings. The fourth-order valence-electron chi connectivity index (χ4n) is 2.30. The smallest absolute Gasteiger partial charge is 0.376 e. The van der Waals surface area contributed by atoms with Crippen molar-refractivity contribution >= 4 is 5.97 Å². The summed E-state index contributed by atoms with van der Waals surface area (Å²) in [5, 5.41) is 3.38. The van der Waals surface area contributed by atoms with Gasteiger partial charge in [0, 0.05) is 11.8 Å². The monoisotopic (exact) mass is 279 g/mol. The summed E-state index contributed by atoms with van der Waals surface area (Å²) in [5.74, 6) is 0.588. The SMILES string of the molecule is COC(=O)c1nc(C)cc(OCCC2CCCNC2)n1. The van der Waals surface area contributed by atoms with Gasteiger partial charge >= 0.3 is 5.97 Å². The molecule has 6 nitrogen and oxygen atoms in total. The van der Waals surface area contributed by atoms with Crippen molar-refractivity contribution in [3.05, 3.63) is 17.6 Å². The van der Waals surface area contributed by atoms with E-state index in [-0.39, 0.29) is 5.82 Å². The second-order valence-corrected chi connectivity index (χ2v) is 5.01. The lowest BCUT2D eigenvalue weighted by Crippen LogP contribution is -2.30. The summed E-state index contributed by atoms with van der Waals surface area (Å²) in [6, 6.07) is 1.73. The molecule has 0 bridgehead atoms. The van der Waals surface area contributed by atoms with Crippen LogP contribution in [-0.2, 0) is 4.74 Å². The van der Waals surface area contributed by atoms with E-state index < -0.39 is 5.97 Å². The molecule has 6 heteroatoms. The third kappa shape index (κ3) is 4.16. The summed E-state index contributed by atoms with van der Waals surface area (Å²) in [7, 11) is 1.31. The molecule has 2 rings (SSSR count). The maximum atomic E-state index is 11.4. The van der Waals surface area contributed by atoms with Crippen LogP contribution in [0.3, 0.4) is 0 Å². The summed E-state index contributed by atoms with van der Waals surface area (Å²) >= 11 is 0. The highest BCUT2D eigenvalue weighted by Crippen LogP contribution is 2.15. The van der Waals surface area contributed by atoms with E-state index in [1.165, 1.54) is 20.0 Å². The second-order valence-electron chi connectivity index (χ2n) is 5.01. The van der Waals surface area contributed by atoms with E-state index in [0.29, 0.717) is 24.1 Å². The Morgan fingerprint density at radius 3 is 3.05 bits per heavy atom. The number of rotatable bonds is 5. The van der Waals surface area contributed by atoms with E-state index >= 15 is 0 Å². The van der Waals surface area contributed by atoms with Crippen molar-refractivity contribution in [1.29, 1.82) is 0 Å². The molecule has 1 aliphatic rings. The van der Waals surface area contributed by atoms with Crippen molar-refractivity contribution in [1.82, 2.24) is 15.3 Å². The van der Waals surface area contributed by atoms with Gasteiger partial charge in [-0.25, -0.2) is 9.78 Å². The average molecular weight is 279 g/mol. The van der Waals surface area contributed by atoms with Gasteiger partial charge < -0.3 is 14.8 Å². The van der Waals surface area contributed by atoms with Crippen LogP contribution in [0.5, 0.6) is 5.88 Å². The van der Waals surface area contributed by atoms with Gasteiger partial charge in [-0.3, -0.25) is 0 Å². The summed E-state index contributed by atoms with van der Waals surface area (Å²) in [4.78, 5) is 19.5. The molecule has 0 radical (unpaired) electrons. The Labute approximate surface area is 118 Å². The first kappa shape index (κ1) is 14.7. The first-order chi connectivity index (χ1) is 9.69. The number of carbonyl (C=O) groups is 1. The zero-order valence-corrected chi connectivity index (χ0v) is 12.0. The van der Waals surface area contributed by atoms with Gasteiger partial charge in [-0.1, -0.05) is 0 Å². The summed E-state index contributed by atoms with van der Waals surface area (Å²) in [6.45, 7) is 4.57. The molecule has 0 saturated carbocycles. The van der Waals surface area contributed by atoms with E-state index in [1.54, 1.807) is 13.0 Å². The van der Waals surface area contributed by atoms with E-state index in [9.17, 15) is 4.79 Å². The molecule has 0 amide bonds. The van der Waals surface area contributed by atoms with Crippen molar-refractivity contribution in [2.45, 2.75) is 26.2 Å². The minimum absolute atomic E-state index is 0.0434. The summed E-state index contributed by atoms with van der Waals surface area (Å²) < 4.78 is 10.3. The largest absolute Gasteiger partial charge is 0.478 e. The first-order valence-electron chi connectivity index (χ1n) is 6.96. The quantitative estimate of drug-likeness (QED) is 0.820. The number of carbonyl (C=O) groups excluding carboxylic acids is 1. The molecule has 1 aliphatic heterocycles. The molecule has 1 aromatic rings. The lowest BCUT2D eigenvalue weighted by Gasteiger charge is -2.22. The van der Waals surface area contributed by atoms with Gasteiger partial charge in [0.15, 0.2) is 0 Å². The van der Waals surface area contributed by atoms with Crippen molar-refractivity contribution in [3.8, 4) is 5.88 Å². The topological polar surface area (TPSA) is 73.3 Å². The Balaban J connectivity index is 1.88. The van der Waals surface area contributed by atoms with Crippen LogP contribution in [0.4, 0.5) is 0 Å². The molecule has 0 aromatic carbocycles. The van der Waals surface area contributed by atoms with E-state index in [0.717, 1.165) is 19.5 Å². The van der Waals surface area contributed by atoms with Crippen LogP contribution in [0, 0.1) is 12.8 Å². The predicted octanol–water partition coefficient (Wildman–Crippen LogP) is 1.34. The molecule has 2 heterocycles. The Morgan fingerprint density at radius 1 is 1.50 bits per heavy atom. The van der Waals surface area contributed by atoms with Gasteiger partial charge in [0.1, 0.15) is 0 Å². The fraction of sp³-hybridized carbons (Fsp3) is 0.643. The molecule has 1 aromatic heterocycles. The zero-order chi connectivity index (χ0) is 14.4. The van der Waals surface area contributed by atoms with Crippen molar-refractivity contribution in [3.63, 3.8) is 0 Å². The van der Waals surface area contributed by atoms with Crippen LogP contribution < -0.4 is 10.1 Å². The van der Waals surface area contributed by atoms with Crippen molar-refractivity contribution in [2.75, 3.05) is 26.8 Å². The second kappa shape index (κ2) is 7.19. The van der Waals surface area contributed by atoms with Crippen LogP contribution >= 0.6 is 0 Å². The lowest BCUT2D eigenvalue weighted by molar-refractivity contribution is 0.0584. The van der Waals surface area contributed by atoms with Gasteiger partial charge in [-0.2, -0.15) is 4.98 Å². The van der Waals surface area contributed by atoms with Crippen LogP contribution in [0.1, 0.15) is 35.6 Å². The van der Waals surface area contributed by atoms with E-state index in [4.69, 9.17) is 4.74 Å². The number of ether oxygens (including phenoxy) is 2. The molecule has 0 spiro atoms. The zero-order valence-electron chi connectivity index (χ0n) is 12.0. The summed E-state index contributed by atoms with van der Waals surface area (Å²) in [5.41, 5.74) is 0.690. The minimum Gasteiger partial charge on any atom is -0.478 e. The van der Waals surface area contributed by atoms with Crippen LogP contribution in [-0.4, -0.2) is 42.7 Å². The number of hydrogen-bond acceptors (Lipinski definition) is 6. The number of hydrogen-bond donors (Lipinski definition) is 1. The molecular weight excluding hydrogens is 258 g/mol. The number of nitrogens with zero attached hydrogens (tertiary/aromatic N) is 2. The number of piperidine rings is 1. The van der Waals surface area contributed by atoms with E-state index in [1.807, 2.05) is 0 Å². The van der Waals surface area contributed by atoms with Crippen LogP contribution in [0.25, 0.3) is 0 Å². The average Bonchev–Trinajstić information content (AvgIpc) is 2.47. The van der Waals surface area contributed by atoms with E-state index in [2.05, 4.69) is 20.0 Å². The van der Waals surface area contributed by atoms with Crippen molar-refractivity contribution < 1.29 is 14.3 Å². The van der Waals surface area contributed by atoms with Gasteiger partial charge in [-0.05, 0) is 45.2 Å². The predicted molar refractivity (Wildman–Crippen MR) is 73.8 cm³/mol. The van der Waals surface area contributed by atoms with Crippen LogP contribution in [0.2, 0.25) is 0 Å². The molecule has 110 valence electrons. The number of aryl methyl sites for hydroxylation is 1. The van der Waals surface area contributed by atoms with Gasteiger partial charge in [0.2, 0.25) is 11.7 Å². The highest BCUT2D eigenvalue weighted by Gasteiger charge is 2.14. The third-order valence-corrected chi connectivity index (χ3v) is 3.37. The number of methoxy groups -OCH3 is 1. The highest BCUT2D eigenvalue weighted by atomic mass is 16.5. The minimum atomic E-state index is -0.546. The number of nitrogens with one attached hydrogen (secondary N) is 1. The van der Waals surface area contributed by atoms with Gasteiger partial charge in [0.25, 0.3) is 0 Å². The molecular formula is C14H21N3O3. The maximum Gasteiger partial charge on any atom is 0.376 e. The normalized spacial score (nSPS) is 18.6. The maximum absolute atomic E-state index is 11.4. The Morgan fingerprint density at radius 2 is 2.35 bits per heavy atom. The number of esters is 1. The molecule has 1 atom stereocenters.